The van der Waals surface area contributed by atoms with Crippen LogP contribution in [0.4, 0.5) is 0 Å². The second kappa shape index (κ2) is 8.64. The first-order chi connectivity index (χ1) is 12.5. The van der Waals surface area contributed by atoms with Crippen molar-refractivity contribution in [1.29, 1.82) is 0 Å². The van der Waals surface area contributed by atoms with Gasteiger partial charge in [0, 0.05) is 44.3 Å². The predicted molar refractivity (Wildman–Crippen MR) is 102 cm³/mol. The zero-order valence-electron chi connectivity index (χ0n) is 15.8. The molecule has 1 aromatic rings. The van der Waals surface area contributed by atoms with Crippen LogP contribution in [0.2, 0.25) is 0 Å². The van der Waals surface area contributed by atoms with Crippen molar-refractivity contribution in [3.63, 3.8) is 0 Å². The third kappa shape index (κ3) is 5.29. The molecule has 6 nitrogen and oxygen atoms in total. The van der Waals surface area contributed by atoms with Gasteiger partial charge in [0.25, 0.3) is 5.91 Å². The Morgan fingerprint density at radius 3 is 2.35 bits per heavy atom. The van der Waals surface area contributed by atoms with Gasteiger partial charge in [0.05, 0.1) is 6.54 Å². The molecule has 0 bridgehead atoms. The van der Waals surface area contributed by atoms with E-state index in [2.05, 4.69) is 15.5 Å². The zero-order chi connectivity index (χ0) is 18.5. The number of likely N-dealkylation sites (N-methyl/N-ethyl adjacent to an activating group) is 1. The van der Waals surface area contributed by atoms with Crippen LogP contribution in [0.15, 0.2) is 24.3 Å². The molecular formula is C20H30N4O2. The van der Waals surface area contributed by atoms with Crippen molar-refractivity contribution in [2.45, 2.75) is 44.3 Å². The Hall–Kier alpha value is -1.92. The third-order valence-corrected chi connectivity index (χ3v) is 5.27. The molecule has 0 aromatic heterocycles. The highest BCUT2D eigenvalue weighted by Gasteiger charge is 2.32. The maximum absolute atomic E-state index is 12.3. The predicted octanol–water partition coefficient (Wildman–Crippen LogP) is 1.22. The number of likely N-dealkylation sites (tertiary alicyclic amines) is 1. The average Bonchev–Trinajstić information content (AvgIpc) is 3.47. The summed E-state index contributed by atoms with van der Waals surface area (Å²) in [5.41, 5.74) is 1.74. The SMILES string of the molecule is CNC(=O)c1ccc(CN(C)CC(=O)NC2CCN(C3CC3)CC2)cc1. The summed E-state index contributed by atoms with van der Waals surface area (Å²) in [7, 11) is 3.57. The molecule has 1 saturated carbocycles. The number of nitrogens with one attached hydrogen (secondary N) is 2. The molecule has 1 heterocycles. The molecule has 26 heavy (non-hydrogen) atoms. The van der Waals surface area contributed by atoms with Crippen LogP contribution in [0.3, 0.4) is 0 Å². The molecule has 1 aliphatic heterocycles. The first-order valence-electron chi connectivity index (χ1n) is 9.58. The van der Waals surface area contributed by atoms with E-state index in [1.54, 1.807) is 7.05 Å². The molecule has 1 aliphatic carbocycles. The smallest absolute Gasteiger partial charge is 0.251 e. The van der Waals surface area contributed by atoms with Crippen LogP contribution in [-0.4, -0.2) is 67.4 Å². The van der Waals surface area contributed by atoms with Gasteiger partial charge in [-0.05, 0) is 50.4 Å². The molecule has 2 N–H and O–H groups in total. The Kier molecular flexibility index (Phi) is 6.27. The number of hydrogen-bond donors (Lipinski definition) is 2. The second-order valence-corrected chi connectivity index (χ2v) is 7.56. The fourth-order valence-electron chi connectivity index (χ4n) is 3.64. The Morgan fingerprint density at radius 1 is 1.12 bits per heavy atom. The molecule has 0 spiro atoms. The van der Waals surface area contributed by atoms with Gasteiger partial charge in [-0.1, -0.05) is 12.1 Å². The van der Waals surface area contributed by atoms with Crippen LogP contribution in [0.5, 0.6) is 0 Å². The van der Waals surface area contributed by atoms with Crippen LogP contribution < -0.4 is 10.6 Å². The summed E-state index contributed by atoms with van der Waals surface area (Å²) in [6, 6.07) is 8.65. The minimum atomic E-state index is -0.0861. The van der Waals surface area contributed by atoms with Crippen molar-refractivity contribution < 1.29 is 9.59 Å². The van der Waals surface area contributed by atoms with Crippen molar-refractivity contribution >= 4 is 11.8 Å². The number of rotatable bonds is 7. The van der Waals surface area contributed by atoms with Crippen LogP contribution in [-0.2, 0) is 11.3 Å². The summed E-state index contributed by atoms with van der Waals surface area (Å²) in [4.78, 5) is 28.4. The third-order valence-electron chi connectivity index (χ3n) is 5.27. The highest BCUT2D eigenvalue weighted by Crippen LogP contribution is 2.29. The van der Waals surface area contributed by atoms with Gasteiger partial charge in [0.2, 0.25) is 5.91 Å². The molecule has 2 fully saturated rings. The first kappa shape index (κ1) is 18.9. The van der Waals surface area contributed by atoms with Crippen LogP contribution in [0.1, 0.15) is 41.6 Å². The first-order valence-corrected chi connectivity index (χ1v) is 9.58. The minimum Gasteiger partial charge on any atom is -0.355 e. The number of hydrogen-bond acceptors (Lipinski definition) is 4. The fraction of sp³-hybridized carbons (Fsp3) is 0.600. The molecule has 3 rings (SSSR count). The maximum Gasteiger partial charge on any atom is 0.251 e. The molecule has 142 valence electrons. The molecular weight excluding hydrogens is 328 g/mol. The Balaban J connectivity index is 1.39. The lowest BCUT2D eigenvalue weighted by Gasteiger charge is -2.32. The van der Waals surface area contributed by atoms with Gasteiger partial charge in [-0.3, -0.25) is 14.5 Å². The van der Waals surface area contributed by atoms with Crippen molar-refractivity contribution in [2.24, 2.45) is 0 Å². The highest BCUT2D eigenvalue weighted by molar-refractivity contribution is 5.93. The molecule has 0 atom stereocenters. The van der Waals surface area contributed by atoms with E-state index in [0.29, 0.717) is 24.7 Å². The standard InChI is InChI=1S/C20H30N4O2/c1-21-20(26)16-5-3-15(4-6-16)13-23(2)14-19(25)22-17-9-11-24(12-10-17)18-7-8-18/h3-6,17-18H,7-14H2,1-2H3,(H,21,26)(H,22,25). The second-order valence-electron chi connectivity index (χ2n) is 7.56. The largest absolute Gasteiger partial charge is 0.355 e. The topological polar surface area (TPSA) is 64.7 Å². The summed E-state index contributed by atoms with van der Waals surface area (Å²) in [5.74, 6) is 0.0105. The van der Waals surface area contributed by atoms with E-state index in [9.17, 15) is 9.59 Å². The summed E-state index contributed by atoms with van der Waals surface area (Å²) in [6.07, 6.45) is 4.83. The summed E-state index contributed by atoms with van der Waals surface area (Å²) in [6.45, 7) is 3.30. The lowest BCUT2D eigenvalue weighted by Crippen LogP contribution is -2.47. The Labute approximate surface area is 155 Å². The summed E-state index contributed by atoms with van der Waals surface area (Å²) >= 11 is 0. The van der Waals surface area contributed by atoms with Gasteiger partial charge < -0.3 is 15.5 Å². The lowest BCUT2D eigenvalue weighted by atomic mass is 10.0. The van der Waals surface area contributed by atoms with Crippen LogP contribution in [0, 0.1) is 0 Å². The molecule has 6 heteroatoms. The minimum absolute atomic E-state index is 0.0861. The number of benzene rings is 1. The van der Waals surface area contributed by atoms with E-state index in [1.807, 2.05) is 36.2 Å². The van der Waals surface area contributed by atoms with E-state index >= 15 is 0 Å². The van der Waals surface area contributed by atoms with Gasteiger partial charge in [-0.25, -0.2) is 0 Å². The number of carbonyl (C=O) groups excluding carboxylic acids is 2. The van der Waals surface area contributed by atoms with Crippen molar-refractivity contribution in [3.8, 4) is 0 Å². The number of nitrogens with zero attached hydrogens (tertiary/aromatic N) is 2. The molecule has 2 amide bonds. The van der Waals surface area contributed by atoms with Gasteiger partial charge in [0.15, 0.2) is 0 Å². The summed E-state index contributed by atoms with van der Waals surface area (Å²) in [5, 5.41) is 5.80. The summed E-state index contributed by atoms with van der Waals surface area (Å²) < 4.78 is 0. The zero-order valence-corrected chi connectivity index (χ0v) is 15.8. The van der Waals surface area contributed by atoms with E-state index in [1.165, 1.54) is 12.8 Å². The molecule has 1 saturated heterocycles. The van der Waals surface area contributed by atoms with Gasteiger partial charge in [0.1, 0.15) is 0 Å². The maximum atomic E-state index is 12.3. The van der Waals surface area contributed by atoms with Gasteiger partial charge in [-0.2, -0.15) is 0 Å². The quantitative estimate of drug-likeness (QED) is 0.769. The molecule has 2 aliphatic rings. The number of carbonyl (C=O) groups is 2. The van der Waals surface area contributed by atoms with Crippen molar-refractivity contribution in [2.75, 3.05) is 33.7 Å². The van der Waals surface area contributed by atoms with Crippen LogP contribution in [0.25, 0.3) is 0 Å². The molecule has 1 aromatic carbocycles. The van der Waals surface area contributed by atoms with Gasteiger partial charge >= 0.3 is 0 Å². The molecule has 0 unspecified atom stereocenters. The normalized spacial score (nSPS) is 18.7. The van der Waals surface area contributed by atoms with Crippen molar-refractivity contribution in [3.05, 3.63) is 35.4 Å². The fourth-order valence-corrected chi connectivity index (χ4v) is 3.64. The van der Waals surface area contributed by atoms with Gasteiger partial charge in [-0.15, -0.1) is 0 Å². The number of amides is 2. The average molecular weight is 358 g/mol. The lowest BCUT2D eigenvalue weighted by molar-refractivity contribution is -0.123. The van der Waals surface area contributed by atoms with Crippen LogP contribution >= 0.6 is 0 Å². The monoisotopic (exact) mass is 358 g/mol. The Bertz CT molecular complexity index is 619. The Morgan fingerprint density at radius 2 is 1.77 bits per heavy atom. The highest BCUT2D eigenvalue weighted by atomic mass is 16.2. The van der Waals surface area contributed by atoms with E-state index in [4.69, 9.17) is 0 Å². The molecule has 0 radical (unpaired) electrons. The van der Waals surface area contributed by atoms with E-state index in [-0.39, 0.29) is 11.8 Å². The number of piperidine rings is 1. The van der Waals surface area contributed by atoms with E-state index < -0.39 is 0 Å². The van der Waals surface area contributed by atoms with Crippen molar-refractivity contribution in [1.82, 2.24) is 20.4 Å². The van der Waals surface area contributed by atoms with E-state index in [0.717, 1.165) is 37.5 Å².